The highest BCUT2D eigenvalue weighted by molar-refractivity contribution is 7.92. The molecule has 0 fully saturated rings. The first-order valence-corrected chi connectivity index (χ1v) is 14.2. The largest absolute Gasteiger partial charge is 0.497 e. The fraction of sp³-hybridized carbons (Fsp3) is 0.481. The molecule has 1 atom stereocenters. The molecule has 0 radical (unpaired) electrons. The van der Waals surface area contributed by atoms with Gasteiger partial charge >= 0.3 is 0 Å². The van der Waals surface area contributed by atoms with Crippen LogP contribution in [0.3, 0.4) is 0 Å². The third-order valence-corrected chi connectivity index (χ3v) is 6.87. The monoisotopic (exact) mass is 533 g/mol. The van der Waals surface area contributed by atoms with E-state index >= 15 is 0 Å². The first-order valence-electron chi connectivity index (χ1n) is 12.4. The van der Waals surface area contributed by atoms with Crippen molar-refractivity contribution in [1.82, 2.24) is 10.2 Å². The van der Waals surface area contributed by atoms with Gasteiger partial charge in [-0.05, 0) is 76.1 Å². The van der Waals surface area contributed by atoms with E-state index < -0.39 is 16.1 Å². The van der Waals surface area contributed by atoms with Crippen molar-refractivity contribution in [3.63, 3.8) is 0 Å². The van der Waals surface area contributed by atoms with E-state index in [1.54, 1.807) is 38.3 Å². The van der Waals surface area contributed by atoms with Gasteiger partial charge in [0.05, 0.1) is 25.7 Å². The number of benzene rings is 2. The average Bonchev–Trinajstić information content (AvgIpc) is 2.84. The lowest BCUT2D eigenvalue weighted by Gasteiger charge is -2.30. The second-order valence-electron chi connectivity index (χ2n) is 9.08. The molecule has 0 aromatic heterocycles. The Hall–Kier alpha value is -3.27. The molecule has 2 rings (SSSR count). The molecule has 0 unspecified atom stereocenters. The van der Waals surface area contributed by atoms with Crippen LogP contribution in [0.25, 0.3) is 0 Å². The summed E-state index contributed by atoms with van der Waals surface area (Å²) in [6.45, 7) is 8.14. The van der Waals surface area contributed by atoms with Crippen LogP contribution in [0, 0.1) is 0 Å². The lowest BCUT2D eigenvalue weighted by Crippen LogP contribution is -2.49. The number of nitrogens with zero attached hydrogens (tertiary/aromatic N) is 2. The molecule has 0 spiro atoms. The van der Waals surface area contributed by atoms with Crippen molar-refractivity contribution in [1.29, 1.82) is 0 Å². The highest BCUT2D eigenvalue weighted by Gasteiger charge is 2.27. The SMILES string of the molecule is CCOc1ccc(N(CCCC(=O)N(Cc2cccc(OC)c2)[C@H](C)C(=O)NC(C)C)S(C)(=O)=O)cc1. The summed E-state index contributed by atoms with van der Waals surface area (Å²) in [5.41, 5.74) is 1.32. The van der Waals surface area contributed by atoms with Crippen molar-refractivity contribution in [3.05, 3.63) is 54.1 Å². The molecule has 0 aliphatic carbocycles. The molecule has 204 valence electrons. The van der Waals surface area contributed by atoms with Crippen LogP contribution in [-0.2, 0) is 26.2 Å². The second kappa shape index (κ2) is 13.9. The molecule has 0 aliphatic rings. The van der Waals surface area contributed by atoms with Gasteiger partial charge in [-0.1, -0.05) is 12.1 Å². The number of methoxy groups -OCH3 is 1. The maximum absolute atomic E-state index is 13.3. The first kappa shape index (κ1) is 30.0. The average molecular weight is 534 g/mol. The Morgan fingerprint density at radius 2 is 1.70 bits per heavy atom. The summed E-state index contributed by atoms with van der Waals surface area (Å²) in [5, 5.41) is 2.86. The Morgan fingerprint density at radius 1 is 1.03 bits per heavy atom. The van der Waals surface area contributed by atoms with Gasteiger partial charge in [0.2, 0.25) is 21.8 Å². The van der Waals surface area contributed by atoms with Crippen LogP contribution in [0.15, 0.2) is 48.5 Å². The van der Waals surface area contributed by atoms with Gasteiger partial charge in [0, 0.05) is 25.6 Å². The van der Waals surface area contributed by atoms with Crippen LogP contribution in [0.2, 0.25) is 0 Å². The molecule has 9 nitrogen and oxygen atoms in total. The van der Waals surface area contributed by atoms with Crippen molar-refractivity contribution in [2.45, 2.75) is 59.2 Å². The number of hydrogen-bond acceptors (Lipinski definition) is 6. The summed E-state index contributed by atoms with van der Waals surface area (Å²) in [4.78, 5) is 27.6. The minimum atomic E-state index is -3.57. The molecule has 0 saturated heterocycles. The van der Waals surface area contributed by atoms with Gasteiger partial charge < -0.3 is 19.7 Å². The fourth-order valence-corrected chi connectivity index (χ4v) is 4.80. The van der Waals surface area contributed by atoms with Gasteiger partial charge in [-0.25, -0.2) is 8.42 Å². The van der Waals surface area contributed by atoms with Crippen LogP contribution in [-0.4, -0.2) is 63.7 Å². The quantitative estimate of drug-likeness (QED) is 0.398. The number of carbonyl (C=O) groups excluding carboxylic acids is 2. The van der Waals surface area contributed by atoms with Gasteiger partial charge in [-0.2, -0.15) is 0 Å². The standard InChI is InChI=1S/C27H39N3O6S/c1-7-36-24-15-13-23(14-16-24)30(37(6,33)34)17-9-12-26(31)29(21(4)27(32)28-20(2)3)19-22-10-8-11-25(18-22)35-5/h8,10-11,13-16,18,20-21H,7,9,12,17,19H2,1-6H3,(H,28,32)/t21-/m1/s1. The van der Waals surface area contributed by atoms with E-state index in [0.29, 0.717) is 23.8 Å². The van der Waals surface area contributed by atoms with E-state index in [-0.39, 0.29) is 43.8 Å². The molecular formula is C27H39N3O6S. The summed E-state index contributed by atoms with van der Waals surface area (Å²) in [5.74, 6) is 0.813. The summed E-state index contributed by atoms with van der Waals surface area (Å²) in [6.07, 6.45) is 1.50. The van der Waals surface area contributed by atoms with E-state index in [1.165, 1.54) is 9.21 Å². The highest BCUT2D eigenvalue weighted by Crippen LogP contribution is 2.23. The number of ether oxygens (including phenoxy) is 2. The van der Waals surface area contributed by atoms with Crippen molar-refractivity contribution < 1.29 is 27.5 Å². The molecule has 2 amide bonds. The van der Waals surface area contributed by atoms with Crippen LogP contribution >= 0.6 is 0 Å². The molecule has 0 heterocycles. The lowest BCUT2D eigenvalue weighted by atomic mass is 10.1. The summed E-state index contributed by atoms with van der Waals surface area (Å²) in [6, 6.07) is 13.3. The molecule has 2 aromatic carbocycles. The number of anilines is 1. The fourth-order valence-electron chi connectivity index (χ4n) is 3.83. The van der Waals surface area contributed by atoms with E-state index in [0.717, 1.165) is 11.8 Å². The normalized spacial score (nSPS) is 12.1. The van der Waals surface area contributed by atoms with Crippen molar-refractivity contribution >= 4 is 27.5 Å². The third-order valence-electron chi connectivity index (χ3n) is 5.67. The van der Waals surface area contributed by atoms with Crippen LogP contribution < -0.4 is 19.1 Å². The van der Waals surface area contributed by atoms with Crippen molar-refractivity contribution in [2.24, 2.45) is 0 Å². The molecule has 0 saturated carbocycles. The predicted molar refractivity (Wildman–Crippen MR) is 145 cm³/mol. The number of rotatable bonds is 14. The molecule has 1 N–H and O–H groups in total. The van der Waals surface area contributed by atoms with Crippen molar-refractivity contribution in [2.75, 3.05) is 30.8 Å². The summed E-state index contributed by atoms with van der Waals surface area (Å²) in [7, 11) is -2.00. The number of carbonyl (C=O) groups is 2. The van der Waals surface area contributed by atoms with Crippen molar-refractivity contribution in [3.8, 4) is 11.5 Å². The highest BCUT2D eigenvalue weighted by atomic mass is 32.2. The van der Waals surface area contributed by atoms with Crippen LogP contribution in [0.4, 0.5) is 5.69 Å². The number of hydrogen-bond donors (Lipinski definition) is 1. The van der Waals surface area contributed by atoms with Gasteiger partial charge in [-0.3, -0.25) is 13.9 Å². The number of sulfonamides is 1. The molecule has 0 aliphatic heterocycles. The van der Waals surface area contributed by atoms with Crippen LogP contribution in [0.5, 0.6) is 11.5 Å². The summed E-state index contributed by atoms with van der Waals surface area (Å²) < 4.78 is 37.0. The van der Waals surface area contributed by atoms with Gasteiger partial charge in [0.1, 0.15) is 17.5 Å². The van der Waals surface area contributed by atoms with Gasteiger partial charge in [0.15, 0.2) is 0 Å². The molecule has 2 aromatic rings. The van der Waals surface area contributed by atoms with Crippen LogP contribution in [0.1, 0.15) is 46.1 Å². The van der Waals surface area contributed by atoms with E-state index in [9.17, 15) is 18.0 Å². The van der Waals surface area contributed by atoms with E-state index in [2.05, 4.69) is 5.32 Å². The summed E-state index contributed by atoms with van der Waals surface area (Å²) >= 11 is 0. The number of nitrogens with one attached hydrogen (secondary N) is 1. The zero-order chi connectivity index (χ0) is 27.6. The predicted octanol–water partition coefficient (Wildman–Crippen LogP) is 3.58. The maximum Gasteiger partial charge on any atom is 0.242 e. The minimum Gasteiger partial charge on any atom is -0.497 e. The zero-order valence-electron chi connectivity index (χ0n) is 22.6. The van der Waals surface area contributed by atoms with E-state index in [4.69, 9.17) is 9.47 Å². The lowest BCUT2D eigenvalue weighted by molar-refractivity contribution is -0.140. The maximum atomic E-state index is 13.3. The number of amides is 2. The Labute approximate surface area is 220 Å². The Balaban J connectivity index is 2.17. The molecule has 0 bridgehead atoms. The smallest absolute Gasteiger partial charge is 0.242 e. The Morgan fingerprint density at radius 3 is 2.27 bits per heavy atom. The Bertz CT molecular complexity index is 1140. The second-order valence-corrected chi connectivity index (χ2v) is 11.0. The van der Waals surface area contributed by atoms with Gasteiger partial charge in [0.25, 0.3) is 0 Å². The first-order chi connectivity index (χ1) is 17.5. The Kier molecular flexibility index (Phi) is 11.2. The zero-order valence-corrected chi connectivity index (χ0v) is 23.4. The molecular weight excluding hydrogens is 494 g/mol. The third kappa shape index (κ3) is 9.27. The molecule has 37 heavy (non-hydrogen) atoms. The molecule has 10 heteroatoms. The van der Waals surface area contributed by atoms with Gasteiger partial charge in [-0.15, -0.1) is 0 Å². The van der Waals surface area contributed by atoms with E-state index in [1.807, 2.05) is 45.0 Å². The minimum absolute atomic E-state index is 0.0684. The topological polar surface area (TPSA) is 105 Å².